The van der Waals surface area contributed by atoms with E-state index in [1.54, 1.807) is 19.4 Å². The second-order valence-electron chi connectivity index (χ2n) is 10.4. The van der Waals surface area contributed by atoms with Gasteiger partial charge in [-0.1, -0.05) is 26.0 Å². The average Bonchev–Trinajstić information content (AvgIpc) is 2.91. The maximum Gasteiger partial charge on any atom is 0.416 e. The van der Waals surface area contributed by atoms with Crippen molar-refractivity contribution in [2.45, 2.75) is 69.8 Å². The number of methoxy groups -OCH3 is 1. The first kappa shape index (κ1) is 27.4. The molecule has 37 heavy (non-hydrogen) atoms. The molecule has 2 fully saturated rings. The molecule has 2 aromatic rings. The first-order valence-corrected chi connectivity index (χ1v) is 12.9. The molecule has 0 radical (unpaired) electrons. The second kappa shape index (κ2) is 11.4. The summed E-state index contributed by atoms with van der Waals surface area (Å²) >= 11 is 0. The van der Waals surface area contributed by atoms with Crippen LogP contribution in [0.4, 0.5) is 13.2 Å². The van der Waals surface area contributed by atoms with E-state index in [-0.39, 0.29) is 24.4 Å². The molecule has 0 bridgehead atoms. The van der Waals surface area contributed by atoms with Crippen molar-refractivity contribution < 1.29 is 27.4 Å². The fraction of sp³-hybridized carbons (Fsp3) is 0.571. The number of halogens is 3. The molecule has 2 saturated heterocycles. The normalized spacial score (nSPS) is 23.7. The molecular formula is C28H36F3N3O3. The molecular weight excluding hydrogens is 483 g/mol. The maximum absolute atomic E-state index is 13.3. The van der Waals surface area contributed by atoms with Gasteiger partial charge < -0.3 is 14.8 Å². The van der Waals surface area contributed by atoms with Gasteiger partial charge in [-0.3, -0.25) is 9.69 Å². The van der Waals surface area contributed by atoms with Gasteiger partial charge in [0.2, 0.25) is 5.88 Å². The van der Waals surface area contributed by atoms with Crippen LogP contribution < -0.4 is 10.1 Å². The SMILES string of the molecule is COc1cc(C2CCN([C@@H]3CC[C@@](C(=O)NCc4cccc(C(F)(F)F)c4)(C(C)C)OC3)CC2)ccn1. The molecule has 202 valence electrons. The van der Waals surface area contributed by atoms with Crippen molar-refractivity contribution >= 4 is 5.91 Å². The first-order valence-electron chi connectivity index (χ1n) is 12.9. The van der Waals surface area contributed by atoms with Crippen molar-refractivity contribution in [2.75, 3.05) is 26.8 Å². The Bertz CT molecular complexity index is 1060. The third-order valence-electron chi connectivity index (χ3n) is 7.89. The Hall–Kier alpha value is -2.65. The van der Waals surface area contributed by atoms with Gasteiger partial charge in [-0.25, -0.2) is 4.98 Å². The van der Waals surface area contributed by atoms with E-state index < -0.39 is 17.3 Å². The van der Waals surface area contributed by atoms with E-state index in [1.807, 2.05) is 19.9 Å². The lowest BCUT2D eigenvalue weighted by Gasteiger charge is -2.46. The Balaban J connectivity index is 1.32. The molecule has 1 amide bonds. The van der Waals surface area contributed by atoms with Gasteiger partial charge in [0.15, 0.2) is 0 Å². The molecule has 0 saturated carbocycles. The lowest BCUT2D eigenvalue weighted by molar-refractivity contribution is -0.170. The summed E-state index contributed by atoms with van der Waals surface area (Å²) in [5.41, 5.74) is -0.0427. The van der Waals surface area contributed by atoms with E-state index >= 15 is 0 Å². The van der Waals surface area contributed by atoms with Crippen LogP contribution in [-0.2, 0) is 22.3 Å². The molecule has 1 aromatic heterocycles. The van der Waals surface area contributed by atoms with Crippen LogP contribution in [0.3, 0.4) is 0 Å². The highest BCUT2D eigenvalue weighted by Gasteiger charge is 2.46. The van der Waals surface area contributed by atoms with Crippen LogP contribution in [0.1, 0.15) is 62.1 Å². The molecule has 0 unspecified atom stereocenters. The molecule has 6 nitrogen and oxygen atoms in total. The number of carbonyl (C=O) groups is 1. The summed E-state index contributed by atoms with van der Waals surface area (Å²) < 4.78 is 50.7. The van der Waals surface area contributed by atoms with Crippen LogP contribution in [0, 0.1) is 5.92 Å². The smallest absolute Gasteiger partial charge is 0.416 e. The van der Waals surface area contributed by atoms with Crippen molar-refractivity contribution in [2.24, 2.45) is 5.92 Å². The minimum absolute atomic E-state index is 0.0251. The summed E-state index contributed by atoms with van der Waals surface area (Å²) in [5, 5.41) is 2.84. The van der Waals surface area contributed by atoms with Crippen LogP contribution in [0.2, 0.25) is 0 Å². The molecule has 1 N–H and O–H groups in total. The van der Waals surface area contributed by atoms with Crippen molar-refractivity contribution in [1.29, 1.82) is 0 Å². The summed E-state index contributed by atoms with van der Waals surface area (Å²) in [7, 11) is 1.63. The quantitative estimate of drug-likeness (QED) is 0.546. The number of ether oxygens (including phenoxy) is 2. The zero-order chi connectivity index (χ0) is 26.6. The highest BCUT2D eigenvalue weighted by molar-refractivity contribution is 5.85. The second-order valence-corrected chi connectivity index (χ2v) is 10.4. The van der Waals surface area contributed by atoms with Crippen LogP contribution >= 0.6 is 0 Å². The van der Waals surface area contributed by atoms with Crippen molar-refractivity contribution in [3.63, 3.8) is 0 Å². The van der Waals surface area contributed by atoms with E-state index in [9.17, 15) is 18.0 Å². The number of nitrogens with one attached hydrogen (secondary N) is 1. The van der Waals surface area contributed by atoms with Gasteiger partial charge in [-0.15, -0.1) is 0 Å². The topological polar surface area (TPSA) is 63.7 Å². The fourth-order valence-corrected chi connectivity index (χ4v) is 5.54. The van der Waals surface area contributed by atoms with E-state index in [0.717, 1.165) is 44.5 Å². The number of likely N-dealkylation sites (tertiary alicyclic amines) is 1. The van der Waals surface area contributed by atoms with Gasteiger partial charge in [0.25, 0.3) is 5.91 Å². The molecule has 2 aliphatic rings. The van der Waals surface area contributed by atoms with Crippen molar-refractivity contribution in [3.05, 3.63) is 59.3 Å². The molecule has 0 aliphatic carbocycles. The van der Waals surface area contributed by atoms with E-state index in [2.05, 4.69) is 21.3 Å². The average molecular weight is 520 g/mol. The maximum atomic E-state index is 13.3. The Morgan fingerprint density at radius 3 is 2.59 bits per heavy atom. The van der Waals surface area contributed by atoms with Crippen LogP contribution in [0.5, 0.6) is 5.88 Å². The first-order chi connectivity index (χ1) is 17.6. The molecule has 9 heteroatoms. The Morgan fingerprint density at radius 1 is 1.22 bits per heavy atom. The standard InChI is InChI=1S/C28H36F3N3O3/c1-19(2)27(26(35)33-17-20-5-4-6-23(15-20)28(29,30)31)11-7-24(18-37-27)34-13-9-21(10-14-34)22-8-12-32-25(16-22)36-3/h4-6,8,12,15-16,19,21,24H,7,9-11,13-14,17-18H2,1-3H3,(H,33,35)/t24-,27+/m1/s1. The minimum Gasteiger partial charge on any atom is -0.481 e. The highest BCUT2D eigenvalue weighted by Crippen LogP contribution is 2.37. The van der Waals surface area contributed by atoms with Crippen LogP contribution in [0.15, 0.2) is 42.6 Å². The van der Waals surface area contributed by atoms with E-state index in [4.69, 9.17) is 9.47 Å². The summed E-state index contributed by atoms with van der Waals surface area (Å²) in [6.07, 6.45) is 0.862. The third kappa shape index (κ3) is 6.26. The predicted molar refractivity (Wildman–Crippen MR) is 134 cm³/mol. The van der Waals surface area contributed by atoms with Crippen molar-refractivity contribution in [1.82, 2.24) is 15.2 Å². The van der Waals surface area contributed by atoms with Gasteiger partial charge in [0, 0.05) is 24.8 Å². The molecule has 4 rings (SSSR count). The number of aromatic nitrogens is 1. The summed E-state index contributed by atoms with van der Waals surface area (Å²) in [4.78, 5) is 19.9. The highest BCUT2D eigenvalue weighted by atomic mass is 19.4. The van der Waals surface area contributed by atoms with E-state index in [1.165, 1.54) is 11.6 Å². The summed E-state index contributed by atoms with van der Waals surface area (Å²) in [5.74, 6) is 0.775. The number of pyridine rings is 1. The number of hydrogen-bond donors (Lipinski definition) is 1. The number of piperidine rings is 1. The fourth-order valence-electron chi connectivity index (χ4n) is 5.54. The zero-order valence-corrected chi connectivity index (χ0v) is 21.7. The number of carbonyl (C=O) groups excluding carboxylic acids is 1. The predicted octanol–water partition coefficient (Wildman–Crippen LogP) is 5.18. The monoisotopic (exact) mass is 519 g/mol. The Kier molecular flexibility index (Phi) is 8.43. The lowest BCUT2D eigenvalue weighted by Crippen LogP contribution is -2.58. The lowest BCUT2D eigenvalue weighted by atomic mass is 9.80. The molecule has 2 aliphatic heterocycles. The number of nitrogens with zero attached hydrogens (tertiary/aromatic N) is 2. The van der Waals surface area contributed by atoms with Crippen molar-refractivity contribution in [3.8, 4) is 5.88 Å². The van der Waals surface area contributed by atoms with Gasteiger partial charge >= 0.3 is 6.18 Å². The molecule has 0 spiro atoms. The zero-order valence-electron chi connectivity index (χ0n) is 21.7. The number of rotatable bonds is 7. The number of amides is 1. The summed E-state index contributed by atoms with van der Waals surface area (Å²) in [6.45, 7) is 6.32. The molecule has 2 atom stereocenters. The van der Waals surface area contributed by atoms with Gasteiger partial charge in [-0.05, 0) is 79.9 Å². The third-order valence-corrected chi connectivity index (χ3v) is 7.89. The number of hydrogen-bond acceptors (Lipinski definition) is 5. The molecule has 1 aromatic carbocycles. The number of benzene rings is 1. The largest absolute Gasteiger partial charge is 0.481 e. The molecule has 3 heterocycles. The van der Waals surface area contributed by atoms with Crippen LogP contribution in [-0.4, -0.2) is 54.2 Å². The Morgan fingerprint density at radius 2 is 1.97 bits per heavy atom. The Labute approximate surface area is 216 Å². The van der Waals surface area contributed by atoms with Gasteiger partial charge in [-0.2, -0.15) is 13.2 Å². The summed E-state index contributed by atoms with van der Waals surface area (Å²) in [6, 6.07) is 9.37. The van der Waals surface area contributed by atoms with Crippen LogP contribution in [0.25, 0.3) is 0 Å². The number of alkyl halides is 3. The van der Waals surface area contributed by atoms with Gasteiger partial charge in [0.05, 0.1) is 19.3 Å². The van der Waals surface area contributed by atoms with E-state index in [0.29, 0.717) is 30.4 Å². The van der Waals surface area contributed by atoms with Gasteiger partial charge in [0.1, 0.15) is 5.60 Å². The minimum atomic E-state index is -4.42.